The molecule has 3 aromatic rings. The maximum atomic E-state index is 14.5. The van der Waals surface area contributed by atoms with Crippen LogP contribution in [-0.2, 0) is 6.37 Å². The van der Waals surface area contributed by atoms with Gasteiger partial charge < -0.3 is 10.2 Å². The molecule has 7 heteroatoms. The number of aryl methyl sites for hydroxylation is 1. The second kappa shape index (κ2) is 6.58. The van der Waals surface area contributed by atoms with Crippen LogP contribution in [0.15, 0.2) is 37.3 Å². The molecule has 1 N–H and O–H groups in total. The minimum atomic E-state index is -2.85. The van der Waals surface area contributed by atoms with Crippen molar-refractivity contribution in [3.63, 3.8) is 0 Å². The zero-order valence-corrected chi connectivity index (χ0v) is 15.2. The van der Waals surface area contributed by atoms with Crippen LogP contribution in [0.3, 0.4) is 0 Å². The summed E-state index contributed by atoms with van der Waals surface area (Å²) >= 11 is 0. The van der Waals surface area contributed by atoms with Crippen LogP contribution in [0.4, 0.5) is 10.2 Å². The number of fused-ring (bicyclic) bond motifs is 5. The van der Waals surface area contributed by atoms with Crippen LogP contribution >= 0.6 is 0 Å². The first-order chi connectivity index (χ1) is 16.2. The number of anilines is 1. The number of nitrogens with one attached hydrogen (secondary N) is 1. The lowest BCUT2D eigenvalue weighted by molar-refractivity contribution is 0.575. The van der Waals surface area contributed by atoms with Crippen molar-refractivity contribution in [3.8, 4) is 0 Å². The molecular weight excluding hydrogens is 355 g/mol. The van der Waals surface area contributed by atoms with E-state index in [9.17, 15) is 5.76 Å². The highest BCUT2D eigenvalue weighted by Gasteiger charge is 2.30. The van der Waals surface area contributed by atoms with E-state index in [0.29, 0.717) is 11.2 Å². The number of aromatic nitrogens is 4. The lowest BCUT2D eigenvalue weighted by atomic mass is 9.98. The van der Waals surface area contributed by atoms with Crippen molar-refractivity contribution < 1.29 is 14.0 Å². The molecule has 2 aliphatic heterocycles. The maximum Gasteiger partial charge on any atom is 0.166 e. The molecule has 0 aromatic carbocycles. The molecule has 28 heavy (non-hydrogen) atoms. The highest BCUT2D eigenvalue weighted by atomic mass is 19.1. The summed E-state index contributed by atoms with van der Waals surface area (Å²) in [5, 5.41) is 7.14. The summed E-state index contributed by atoms with van der Waals surface area (Å²) in [6, 6.07) is -1.10. The lowest BCUT2D eigenvalue weighted by Gasteiger charge is -2.27. The molecule has 0 spiro atoms. The van der Waals surface area contributed by atoms with Gasteiger partial charge in [0.05, 0.1) is 25.3 Å². The molecule has 1 saturated heterocycles. The van der Waals surface area contributed by atoms with Gasteiger partial charge in [-0.15, -0.1) is 0 Å². The Morgan fingerprint density at radius 3 is 3.18 bits per heavy atom. The number of hydrogen-bond donors (Lipinski definition) is 1. The van der Waals surface area contributed by atoms with Gasteiger partial charge in [0.1, 0.15) is 11.6 Å². The molecular formula is C21H23FN6. The van der Waals surface area contributed by atoms with Crippen molar-refractivity contribution >= 4 is 17.2 Å². The minimum absolute atomic E-state index is 0.0323. The van der Waals surface area contributed by atoms with Gasteiger partial charge in [-0.2, -0.15) is 5.10 Å². The first-order valence-corrected chi connectivity index (χ1v) is 8.96. The van der Waals surface area contributed by atoms with Gasteiger partial charge in [0, 0.05) is 38.4 Å². The fourth-order valence-electron chi connectivity index (χ4n) is 3.46. The summed E-state index contributed by atoms with van der Waals surface area (Å²) in [6.45, 7) is 5.44. The molecule has 3 aromatic heterocycles. The standard InChI is InChI=1S/C21H23FN6/c1-13-5-6-18-16(10-15(22)11-23-18)19-4-3-8-27(19)20-7-9-28-21(26-20)17(12-24-28)14(2)25-13/h7,9-13,19,25H,2-6,8H2,1H3/t13-,19?/m1/s1/i4D2,5D2,6D2,19D. The molecule has 2 atom stereocenters. The molecule has 0 aliphatic carbocycles. The summed E-state index contributed by atoms with van der Waals surface area (Å²) in [5.41, 5.74) is 0.0975. The topological polar surface area (TPSA) is 58.4 Å². The van der Waals surface area contributed by atoms with E-state index in [0.717, 1.165) is 12.3 Å². The number of pyridine rings is 1. The number of rotatable bonds is 0. The first kappa shape index (κ1) is 11.1. The summed E-state index contributed by atoms with van der Waals surface area (Å²) in [4.78, 5) is 9.86. The largest absolute Gasteiger partial charge is 0.382 e. The SMILES string of the molecule is [2H]C1([2H])CCN2c3ccn4ncc(c4n3)C(=C)N[C@H](C)C([2H])([2H])C([2H])([2H])c3ncc(F)cc3C21[2H]. The summed E-state index contributed by atoms with van der Waals surface area (Å²) < 4.78 is 77.8. The third kappa shape index (κ3) is 2.82. The Morgan fingerprint density at radius 2 is 2.29 bits per heavy atom. The van der Waals surface area contributed by atoms with Gasteiger partial charge in [-0.1, -0.05) is 6.58 Å². The molecule has 144 valence electrons. The van der Waals surface area contributed by atoms with E-state index in [-0.39, 0.29) is 24.5 Å². The fourth-order valence-corrected chi connectivity index (χ4v) is 3.46. The van der Waals surface area contributed by atoms with Crippen molar-refractivity contribution in [3.05, 3.63) is 59.9 Å². The molecule has 0 radical (unpaired) electrons. The van der Waals surface area contributed by atoms with E-state index in [4.69, 9.17) is 8.22 Å². The number of halogens is 1. The minimum Gasteiger partial charge on any atom is -0.382 e. The lowest BCUT2D eigenvalue weighted by Crippen LogP contribution is -2.26. The zero-order valence-electron chi connectivity index (χ0n) is 22.2. The van der Waals surface area contributed by atoms with Crippen LogP contribution in [0.2, 0.25) is 0 Å². The second-order valence-corrected chi connectivity index (χ2v) is 6.70. The average molecular weight is 385 g/mol. The van der Waals surface area contributed by atoms with Gasteiger partial charge in [0.2, 0.25) is 0 Å². The number of hydrogen-bond acceptors (Lipinski definition) is 5. The summed E-state index contributed by atoms with van der Waals surface area (Å²) in [6.07, 6.45) is -4.06. The molecule has 2 aliphatic rings. The molecule has 0 saturated carbocycles. The molecule has 2 bridgehead atoms. The fraction of sp³-hybridized carbons (Fsp3) is 0.381. The van der Waals surface area contributed by atoms with E-state index in [2.05, 4.69) is 27.0 Å². The Morgan fingerprint density at radius 1 is 1.39 bits per heavy atom. The van der Waals surface area contributed by atoms with Crippen molar-refractivity contribution in [2.75, 3.05) is 11.4 Å². The van der Waals surface area contributed by atoms with E-state index in [1.165, 1.54) is 22.5 Å². The molecule has 1 unspecified atom stereocenters. The average Bonchev–Trinajstić information content (AvgIpc) is 3.31. The van der Waals surface area contributed by atoms with E-state index in [1.54, 1.807) is 12.3 Å². The number of nitrogens with zero attached hydrogens (tertiary/aromatic N) is 5. The predicted molar refractivity (Wildman–Crippen MR) is 106 cm³/mol. The first-order valence-electron chi connectivity index (χ1n) is 12.5. The van der Waals surface area contributed by atoms with Crippen LogP contribution in [0.1, 0.15) is 58.5 Å². The van der Waals surface area contributed by atoms with Crippen LogP contribution < -0.4 is 10.2 Å². The van der Waals surface area contributed by atoms with Gasteiger partial charge in [0.15, 0.2) is 5.65 Å². The third-order valence-electron chi connectivity index (χ3n) is 4.76. The molecule has 6 nitrogen and oxygen atoms in total. The van der Waals surface area contributed by atoms with Crippen molar-refractivity contribution in [2.45, 2.75) is 44.5 Å². The maximum absolute atomic E-state index is 14.5. The van der Waals surface area contributed by atoms with Gasteiger partial charge in [-0.05, 0) is 50.2 Å². The third-order valence-corrected chi connectivity index (χ3v) is 4.76. The van der Waals surface area contributed by atoms with Gasteiger partial charge >= 0.3 is 0 Å². The van der Waals surface area contributed by atoms with Crippen molar-refractivity contribution in [1.29, 1.82) is 0 Å². The quantitative estimate of drug-likeness (QED) is 0.642. The van der Waals surface area contributed by atoms with E-state index >= 15 is 0 Å². The van der Waals surface area contributed by atoms with E-state index < -0.39 is 48.3 Å². The van der Waals surface area contributed by atoms with Crippen LogP contribution in [0.25, 0.3) is 11.3 Å². The van der Waals surface area contributed by atoms with Crippen LogP contribution in [0, 0.1) is 5.82 Å². The normalized spacial score (nSPS) is 33.9. The molecule has 5 heterocycles. The van der Waals surface area contributed by atoms with Crippen LogP contribution in [-0.4, -0.2) is 32.2 Å². The Bertz CT molecular complexity index is 1360. The summed E-state index contributed by atoms with van der Waals surface area (Å²) in [7, 11) is 0. The molecule has 5 rings (SSSR count). The Labute approximate surface area is 172 Å². The van der Waals surface area contributed by atoms with Gasteiger partial charge in [-0.3, -0.25) is 4.98 Å². The van der Waals surface area contributed by atoms with Crippen molar-refractivity contribution in [1.82, 2.24) is 24.9 Å². The van der Waals surface area contributed by atoms with Crippen molar-refractivity contribution in [2.24, 2.45) is 0 Å². The summed E-state index contributed by atoms with van der Waals surface area (Å²) in [5.74, 6) is -0.686. The molecule has 1 fully saturated rings. The highest BCUT2D eigenvalue weighted by molar-refractivity contribution is 5.74. The zero-order chi connectivity index (χ0) is 25.6. The second-order valence-electron chi connectivity index (χ2n) is 6.70. The van der Waals surface area contributed by atoms with E-state index in [1.807, 2.05) is 0 Å². The Kier molecular flexibility index (Phi) is 2.62. The van der Waals surface area contributed by atoms with Crippen LogP contribution in [0.5, 0.6) is 0 Å². The smallest absolute Gasteiger partial charge is 0.166 e. The highest BCUT2D eigenvalue weighted by Crippen LogP contribution is 2.37. The van der Waals surface area contributed by atoms with Gasteiger partial charge in [0.25, 0.3) is 0 Å². The Hall–Kier alpha value is -2.96. The monoisotopic (exact) mass is 385 g/mol. The molecule has 0 amide bonds. The van der Waals surface area contributed by atoms with Gasteiger partial charge in [-0.25, -0.2) is 13.9 Å². The Balaban J connectivity index is 1.89. The predicted octanol–water partition coefficient (Wildman–Crippen LogP) is 3.50.